The lowest BCUT2D eigenvalue weighted by Crippen LogP contribution is -2.47. The molecule has 0 atom stereocenters. The quantitative estimate of drug-likeness (QED) is 0.834. The normalized spacial score (nSPS) is 18.4. The van der Waals surface area contributed by atoms with Gasteiger partial charge in [0.05, 0.1) is 4.90 Å². The maximum absolute atomic E-state index is 12.7. The van der Waals surface area contributed by atoms with Crippen LogP contribution in [-0.4, -0.2) is 18.9 Å². The molecule has 0 radical (unpaired) electrons. The lowest BCUT2D eigenvalue weighted by Gasteiger charge is -2.34. The van der Waals surface area contributed by atoms with E-state index in [1.165, 1.54) is 6.42 Å². The van der Waals surface area contributed by atoms with Crippen molar-refractivity contribution in [2.75, 3.05) is 0 Å². The van der Waals surface area contributed by atoms with Gasteiger partial charge in [-0.05, 0) is 38.3 Å². The van der Waals surface area contributed by atoms with Crippen LogP contribution < -0.4 is 10.5 Å². The maximum Gasteiger partial charge on any atom is 0.241 e. The molecular weight excluding hydrogens is 304 g/mol. The van der Waals surface area contributed by atoms with Crippen molar-refractivity contribution in [3.63, 3.8) is 0 Å². The summed E-state index contributed by atoms with van der Waals surface area (Å²) in [5, 5.41) is 0. The molecule has 0 saturated heterocycles. The first-order valence-corrected chi connectivity index (χ1v) is 9.07. The number of thiocarbonyl (C=S) groups is 1. The molecule has 1 fully saturated rings. The molecule has 0 unspecified atom stereocenters. The summed E-state index contributed by atoms with van der Waals surface area (Å²) in [4.78, 5) is 0.468. The van der Waals surface area contributed by atoms with Gasteiger partial charge in [-0.2, -0.15) is 0 Å². The zero-order valence-corrected chi connectivity index (χ0v) is 14.1. The number of aryl methyl sites for hydroxylation is 1. The average molecular weight is 326 g/mol. The molecule has 0 amide bonds. The summed E-state index contributed by atoms with van der Waals surface area (Å²) in [6, 6.07) is 5.05. The summed E-state index contributed by atoms with van der Waals surface area (Å²) >= 11 is 4.93. The number of nitrogens with one attached hydrogen (secondary N) is 1. The van der Waals surface area contributed by atoms with Crippen molar-refractivity contribution < 1.29 is 8.42 Å². The first-order chi connectivity index (χ1) is 9.73. The molecule has 0 spiro atoms. The van der Waals surface area contributed by atoms with Crippen LogP contribution >= 0.6 is 12.2 Å². The molecule has 4 nitrogen and oxygen atoms in total. The van der Waals surface area contributed by atoms with Crippen molar-refractivity contribution in [3.8, 4) is 0 Å². The number of sulfonamides is 1. The van der Waals surface area contributed by atoms with E-state index in [0.29, 0.717) is 11.1 Å². The van der Waals surface area contributed by atoms with E-state index < -0.39 is 10.0 Å². The number of hydrogen-bond acceptors (Lipinski definition) is 3. The number of rotatable bonds is 4. The standard InChI is InChI=1S/C15H22N2O2S2/c1-11-6-7-12(14(16)20)10-13(11)21(18,19)17-15(2)8-4-3-5-9-15/h6-7,10,17H,3-5,8-9H2,1-2H3,(H2,16,20). The molecular formula is C15H22N2O2S2. The fourth-order valence-corrected chi connectivity index (χ4v) is 4.72. The van der Waals surface area contributed by atoms with Gasteiger partial charge in [-0.1, -0.05) is 43.6 Å². The minimum absolute atomic E-state index is 0.204. The summed E-state index contributed by atoms with van der Waals surface area (Å²) in [5.74, 6) is 0. The molecule has 0 aromatic heterocycles. The highest BCUT2D eigenvalue weighted by Gasteiger charge is 2.32. The van der Waals surface area contributed by atoms with Crippen molar-refractivity contribution in [3.05, 3.63) is 29.3 Å². The van der Waals surface area contributed by atoms with Crippen molar-refractivity contribution in [2.24, 2.45) is 5.73 Å². The van der Waals surface area contributed by atoms with Gasteiger partial charge in [-0.15, -0.1) is 0 Å². The van der Waals surface area contributed by atoms with Gasteiger partial charge in [0.15, 0.2) is 0 Å². The van der Waals surface area contributed by atoms with E-state index in [0.717, 1.165) is 25.7 Å². The Balaban J connectivity index is 2.35. The lowest BCUT2D eigenvalue weighted by atomic mass is 9.84. The largest absolute Gasteiger partial charge is 0.389 e. The van der Waals surface area contributed by atoms with Gasteiger partial charge in [0.25, 0.3) is 0 Å². The topological polar surface area (TPSA) is 72.2 Å². The van der Waals surface area contributed by atoms with E-state index in [9.17, 15) is 8.42 Å². The van der Waals surface area contributed by atoms with Crippen molar-refractivity contribution in [2.45, 2.75) is 56.4 Å². The smallest absolute Gasteiger partial charge is 0.241 e. The third-order valence-electron chi connectivity index (χ3n) is 4.10. The van der Waals surface area contributed by atoms with Crippen LogP contribution in [0.5, 0.6) is 0 Å². The summed E-state index contributed by atoms with van der Waals surface area (Å²) in [5.41, 5.74) is 6.51. The Morgan fingerprint density at radius 1 is 1.29 bits per heavy atom. The molecule has 2 rings (SSSR count). The van der Waals surface area contributed by atoms with E-state index in [2.05, 4.69) is 4.72 Å². The third kappa shape index (κ3) is 3.81. The summed E-state index contributed by atoms with van der Waals surface area (Å²) in [6.45, 7) is 3.76. The second-order valence-corrected chi connectivity index (χ2v) is 8.16. The minimum atomic E-state index is -3.57. The summed E-state index contributed by atoms with van der Waals surface area (Å²) in [7, 11) is -3.57. The van der Waals surface area contributed by atoms with Crippen LogP contribution in [0, 0.1) is 6.92 Å². The molecule has 3 N–H and O–H groups in total. The van der Waals surface area contributed by atoms with E-state index in [-0.39, 0.29) is 15.4 Å². The zero-order valence-electron chi connectivity index (χ0n) is 12.5. The number of benzene rings is 1. The second kappa shape index (κ2) is 6.02. The van der Waals surface area contributed by atoms with Crippen LogP contribution in [-0.2, 0) is 10.0 Å². The fraction of sp³-hybridized carbons (Fsp3) is 0.533. The molecule has 1 aromatic carbocycles. The lowest BCUT2D eigenvalue weighted by molar-refractivity contribution is 0.294. The van der Waals surface area contributed by atoms with Crippen LogP contribution in [0.3, 0.4) is 0 Å². The van der Waals surface area contributed by atoms with Crippen LogP contribution in [0.25, 0.3) is 0 Å². The van der Waals surface area contributed by atoms with Gasteiger partial charge in [0.1, 0.15) is 4.99 Å². The van der Waals surface area contributed by atoms with Crippen LogP contribution in [0.2, 0.25) is 0 Å². The Labute approximate surface area is 132 Å². The zero-order chi connectivity index (χ0) is 15.7. The number of nitrogens with two attached hydrogens (primary N) is 1. The highest BCUT2D eigenvalue weighted by Crippen LogP contribution is 2.30. The first-order valence-electron chi connectivity index (χ1n) is 7.18. The Morgan fingerprint density at radius 3 is 2.48 bits per heavy atom. The van der Waals surface area contributed by atoms with Crippen molar-refractivity contribution >= 4 is 27.2 Å². The monoisotopic (exact) mass is 326 g/mol. The van der Waals surface area contributed by atoms with Gasteiger partial charge in [0, 0.05) is 11.1 Å². The summed E-state index contributed by atoms with van der Waals surface area (Å²) < 4.78 is 28.3. The third-order valence-corrected chi connectivity index (χ3v) is 6.12. The molecule has 1 aromatic rings. The van der Waals surface area contributed by atoms with Gasteiger partial charge in [-0.25, -0.2) is 13.1 Å². The molecule has 0 bridgehead atoms. The average Bonchev–Trinajstić information content (AvgIpc) is 2.38. The molecule has 6 heteroatoms. The van der Waals surface area contributed by atoms with E-state index in [1.807, 2.05) is 6.92 Å². The van der Waals surface area contributed by atoms with Gasteiger partial charge in [-0.3, -0.25) is 0 Å². The Bertz CT molecular complexity index is 648. The molecule has 1 saturated carbocycles. The molecule has 116 valence electrons. The molecule has 0 heterocycles. The van der Waals surface area contributed by atoms with Crippen molar-refractivity contribution in [1.29, 1.82) is 0 Å². The summed E-state index contributed by atoms with van der Waals surface area (Å²) in [6.07, 6.45) is 5.05. The van der Waals surface area contributed by atoms with Crippen LogP contribution in [0.15, 0.2) is 23.1 Å². The van der Waals surface area contributed by atoms with E-state index >= 15 is 0 Å². The molecule has 0 aliphatic heterocycles. The van der Waals surface area contributed by atoms with Crippen molar-refractivity contribution in [1.82, 2.24) is 4.72 Å². The SMILES string of the molecule is Cc1ccc(C(N)=S)cc1S(=O)(=O)NC1(C)CCCCC1. The number of hydrogen-bond donors (Lipinski definition) is 2. The van der Waals surface area contributed by atoms with Crippen LogP contribution in [0.4, 0.5) is 0 Å². The second-order valence-electron chi connectivity index (χ2n) is 6.07. The van der Waals surface area contributed by atoms with Gasteiger partial charge < -0.3 is 5.73 Å². The van der Waals surface area contributed by atoms with E-state index in [1.54, 1.807) is 25.1 Å². The van der Waals surface area contributed by atoms with E-state index in [4.69, 9.17) is 18.0 Å². The predicted octanol–water partition coefficient (Wildman–Crippen LogP) is 2.63. The highest BCUT2D eigenvalue weighted by atomic mass is 32.2. The predicted molar refractivity (Wildman–Crippen MR) is 88.9 cm³/mol. The molecule has 1 aliphatic rings. The Morgan fingerprint density at radius 2 is 1.90 bits per heavy atom. The Kier molecular flexibility index (Phi) is 4.70. The van der Waals surface area contributed by atoms with Crippen LogP contribution in [0.1, 0.15) is 50.2 Å². The molecule has 1 aliphatic carbocycles. The minimum Gasteiger partial charge on any atom is -0.389 e. The highest BCUT2D eigenvalue weighted by molar-refractivity contribution is 7.89. The fourth-order valence-electron chi connectivity index (χ4n) is 2.86. The molecule has 21 heavy (non-hydrogen) atoms. The van der Waals surface area contributed by atoms with Gasteiger partial charge in [0.2, 0.25) is 10.0 Å². The van der Waals surface area contributed by atoms with Gasteiger partial charge >= 0.3 is 0 Å². The maximum atomic E-state index is 12.7. The first kappa shape index (κ1) is 16.4. The Hall–Kier alpha value is -0.980.